The van der Waals surface area contributed by atoms with Crippen LogP contribution < -0.4 is 44.3 Å². The second-order valence-electron chi connectivity index (χ2n) is 5.03. The number of carbonyl (C=O) groups is 2. The maximum Gasteiger partial charge on any atom is 1.00 e. The molecule has 1 unspecified atom stereocenters. The van der Waals surface area contributed by atoms with Gasteiger partial charge < -0.3 is 24.3 Å². The topological polar surface area (TPSA) is 78.9 Å². The number of aliphatic carboxylic acids is 1. The molecule has 26 heavy (non-hydrogen) atoms. The fourth-order valence-corrected chi connectivity index (χ4v) is 6.43. The first-order valence-corrected chi connectivity index (χ1v) is 10.9. The second-order valence-corrected chi connectivity index (χ2v) is 8.43. The maximum atomic E-state index is 11.9. The quantitative estimate of drug-likeness (QED) is 0.202. The molecule has 6 nitrogen and oxygen atoms in total. The van der Waals surface area contributed by atoms with E-state index in [1.165, 1.54) is 6.92 Å². The van der Waals surface area contributed by atoms with E-state index in [9.17, 15) is 14.7 Å². The Bertz CT molecular complexity index is 645. The van der Waals surface area contributed by atoms with Crippen LogP contribution in [0.1, 0.15) is 27.2 Å². The van der Waals surface area contributed by atoms with Crippen molar-refractivity contribution < 1.29 is 53.7 Å². The zero-order chi connectivity index (χ0) is 19.1. The van der Waals surface area contributed by atoms with Gasteiger partial charge in [0.2, 0.25) is 5.91 Å². The summed E-state index contributed by atoms with van der Waals surface area (Å²) in [4.78, 5) is 24.4. The molecule has 0 aliphatic heterocycles. The molecule has 0 aliphatic rings. The molecule has 0 spiro atoms. The van der Waals surface area contributed by atoms with Gasteiger partial charge in [0.05, 0.1) is 31.5 Å². The van der Waals surface area contributed by atoms with Crippen LogP contribution in [0.15, 0.2) is 6.07 Å². The average Bonchev–Trinajstić information content (AvgIpc) is 2.53. The molecule has 0 saturated carbocycles. The third-order valence-electron chi connectivity index (χ3n) is 3.35. The first kappa shape index (κ1) is 27.1. The van der Waals surface area contributed by atoms with Gasteiger partial charge in [0.15, 0.2) is 0 Å². The molecule has 1 atom stereocenters. The molecule has 0 saturated heterocycles. The van der Waals surface area contributed by atoms with E-state index in [0.717, 1.165) is 16.4 Å². The molecular formula is C16H19I3NNaO5. The van der Waals surface area contributed by atoms with Crippen LogP contribution in [0.4, 0.5) is 5.69 Å². The fourth-order valence-electron chi connectivity index (χ4n) is 2.17. The van der Waals surface area contributed by atoms with Gasteiger partial charge in [-0.1, -0.05) is 6.92 Å². The Labute approximate surface area is 216 Å². The van der Waals surface area contributed by atoms with Gasteiger partial charge >= 0.3 is 29.6 Å². The minimum Gasteiger partial charge on any atom is -0.547 e. The number of anilines is 1. The molecule has 0 heterocycles. The van der Waals surface area contributed by atoms with E-state index in [4.69, 9.17) is 9.47 Å². The van der Waals surface area contributed by atoms with E-state index in [0.29, 0.717) is 18.7 Å². The molecule has 0 aliphatic carbocycles. The van der Waals surface area contributed by atoms with Crippen molar-refractivity contribution in [2.45, 2.75) is 33.3 Å². The first-order chi connectivity index (χ1) is 11.7. The van der Waals surface area contributed by atoms with E-state index < -0.39 is 12.1 Å². The molecule has 0 bridgehead atoms. The van der Waals surface area contributed by atoms with Crippen molar-refractivity contribution in [3.8, 4) is 5.75 Å². The van der Waals surface area contributed by atoms with Gasteiger partial charge in [0, 0.05) is 17.0 Å². The van der Waals surface area contributed by atoms with Gasteiger partial charge in [-0.25, -0.2) is 0 Å². The van der Waals surface area contributed by atoms with Crippen LogP contribution in [-0.4, -0.2) is 37.7 Å². The Morgan fingerprint density at radius 1 is 1.19 bits per heavy atom. The zero-order valence-corrected chi connectivity index (χ0v) is 23.6. The van der Waals surface area contributed by atoms with Crippen LogP contribution in [0, 0.1) is 10.7 Å². The van der Waals surface area contributed by atoms with Gasteiger partial charge in [0.1, 0.15) is 12.4 Å². The Balaban J connectivity index is 0.00000625. The summed E-state index contributed by atoms with van der Waals surface area (Å²) in [7, 11) is 0. The predicted molar refractivity (Wildman–Crippen MR) is 119 cm³/mol. The number of ether oxygens (including phenoxy) is 2. The third-order valence-corrected chi connectivity index (χ3v) is 5.98. The average molecular weight is 709 g/mol. The SMILES string of the molecule is CCC(OCCOc1c(I)cc(I)c(N(CC)C(C)=O)c1I)C(=O)[O-].[Na+]. The van der Waals surface area contributed by atoms with E-state index in [2.05, 4.69) is 67.8 Å². The van der Waals surface area contributed by atoms with Crippen molar-refractivity contribution in [1.82, 2.24) is 0 Å². The van der Waals surface area contributed by atoms with Crippen LogP contribution in [0.3, 0.4) is 0 Å². The summed E-state index contributed by atoms with van der Waals surface area (Å²) < 4.78 is 13.8. The van der Waals surface area contributed by atoms with Crippen LogP contribution in [0.5, 0.6) is 5.75 Å². The number of hydrogen-bond donors (Lipinski definition) is 0. The number of nitrogens with zero attached hydrogens (tertiary/aromatic N) is 1. The monoisotopic (exact) mass is 709 g/mol. The molecule has 10 heteroatoms. The summed E-state index contributed by atoms with van der Waals surface area (Å²) >= 11 is 6.57. The Hall–Kier alpha value is 1.11. The number of carboxylic acid groups (broad SMARTS) is 1. The minimum absolute atomic E-state index is 0. The summed E-state index contributed by atoms with van der Waals surface area (Å²) in [6.45, 7) is 6.09. The van der Waals surface area contributed by atoms with Crippen molar-refractivity contribution in [2.24, 2.45) is 0 Å². The van der Waals surface area contributed by atoms with Crippen molar-refractivity contribution in [1.29, 1.82) is 0 Å². The molecule has 0 N–H and O–H groups in total. The number of rotatable bonds is 9. The number of benzene rings is 1. The van der Waals surface area contributed by atoms with Crippen molar-refractivity contribution in [3.63, 3.8) is 0 Å². The maximum absolute atomic E-state index is 11.9. The molecular weight excluding hydrogens is 690 g/mol. The largest absolute Gasteiger partial charge is 1.00 e. The number of carboxylic acids is 1. The summed E-state index contributed by atoms with van der Waals surface area (Å²) in [6, 6.07) is 1.95. The standard InChI is InChI=1S/C16H20I3NO5.Na/c1-4-12(16(22)23)24-6-7-25-15-11(18)8-10(17)14(13(15)19)20(5-2)9(3)21;/h8,12H,4-7H2,1-3H3,(H,22,23);/q;+1/p-1. The fraction of sp³-hybridized carbons (Fsp3) is 0.500. The molecule has 0 aromatic heterocycles. The van der Waals surface area contributed by atoms with Gasteiger partial charge in [-0.05, 0) is 87.2 Å². The molecule has 0 radical (unpaired) electrons. The van der Waals surface area contributed by atoms with Crippen LogP contribution in [0.2, 0.25) is 0 Å². The summed E-state index contributed by atoms with van der Waals surface area (Å²) in [6.07, 6.45) is -0.586. The number of halogens is 3. The smallest absolute Gasteiger partial charge is 0.547 e. The van der Waals surface area contributed by atoms with Gasteiger partial charge in [0.25, 0.3) is 0 Å². The van der Waals surface area contributed by atoms with Crippen LogP contribution in [0.25, 0.3) is 0 Å². The Kier molecular flexibility index (Phi) is 13.9. The number of amides is 1. The molecule has 1 amide bonds. The summed E-state index contributed by atoms with van der Waals surface area (Å²) in [5.41, 5.74) is 0.828. The molecule has 1 rings (SSSR count). The molecule has 1 aromatic carbocycles. The molecule has 0 fully saturated rings. The van der Waals surface area contributed by atoms with E-state index in [1.54, 1.807) is 11.8 Å². The normalized spacial score (nSPS) is 11.5. The van der Waals surface area contributed by atoms with Crippen LogP contribution in [-0.2, 0) is 14.3 Å². The van der Waals surface area contributed by atoms with E-state index in [1.807, 2.05) is 13.0 Å². The molecule has 140 valence electrons. The minimum atomic E-state index is -1.22. The van der Waals surface area contributed by atoms with Crippen molar-refractivity contribution >= 4 is 85.3 Å². The van der Waals surface area contributed by atoms with Gasteiger partial charge in [-0.3, -0.25) is 4.79 Å². The second kappa shape index (κ2) is 13.4. The van der Waals surface area contributed by atoms with Crippen molar-refractivity contribution in [2.75, 3.05) is 24.7 Å². The first-order valence-electron chi connectivity index (χ1n) is 7.65. The van der Waals surface area contributed by atoms with Crippen LogP contribution >= 0.6 is 67.8 Å². The number of carbonyl (C=O) groups excluding carboxylic acids is 2. The van der Waals surface area contributed by atoms with Crippen molar-refractivity contribution in [3.05, 3.63) is 16.8 Å². The van der Waals surface area contributed by atoms with E-state index >= 15 is 0 Å². The predicted octanol–water partition coefficient (Wildman–Crippen LogP) is -0.199. The van der Waals surface area contributed by atoms with Gasteiger partial charge in [-0.15, -0.1) is 0 Å². The van der Waals surface area contributed by atoms with E-state index in [-0.39, 0.29) is 48.7 Å². The Morgan fingerprint density at radius 2 is 1.81 bits per heavy atom. The number of hydrogen-bond acceptors (Lipinski definition) is 5. The Morgan fingerprint density at radius 3 is 2.27 bits per heavy atom. The third kappa shape index (κ3) is 7.50. The summed E-state index contributed by atoms with van der Waals surface area (Å²) in [5.74, 6) is -0.585. The zero-order valence-electron chi connectivity index (χ0n) is 15.1. The molecule has 1 aromatic rings. The van der Waals surface area contributed by atoms with Gasteiger partial charge in [-0.2, -0.15) is 0 Å². The summed E-state index contributed by atoms with van der Waals surface area (Å²) in [5, 5.41) is 10.8.